The second kappa shape index (κ2) is 10.8. The molecule has 3 N–H and O–H groups in total. The summed E-state index contributed by atoms with van der Waals surface area (Å²) < 4.78 is 5.51. The van der Waals surface area contributed by atoms with Gasteiger partial charge in [0.05, 0.1) is 17.6 Å². The zero-order chi connectivity index (χ0) is 23.9. The van der Waals surface area contributed by atoms with Gasteiger partial charge >= 0.3 is 12.1 Å². The molecule has 0 saturated carbocycles. The molecular formula is C25H23N3O5S. The molecule has 0 bridgehead atoms. The number of nitrogens with one attached hydrogen (secondary N) is 2. The number of carboxylic acid groups (broad SMARTS) is 1. The van der Waals surface area contributed by atoms with Gasteiger partial charge in [0, 0.05) is 18.2 Å². The van der Waals surface area contributed by atoms with E-state index in [1.807, 2.05) is 24.3 Å². The van der Waals surface area contributed by atoms with E-state index >= 15 is 0 Å². The first-order valence-corrected chi connectivity index (χ1v) is 11.8. The maximum atomic E-state index is 12.4. The smallest absolute Gasteiger partial charge is 0.411 e. The Balaban J connectivity index is 1.28. The van der Waals surface area contributed by atoms with E-state index in [-0.39, 0.29) is 29.9 Å². The van der Waals surface area contributed by atoms with Gasteiger partial charge in [-0.1, -0.05) is 48.5 Å². The van der Waals surface area contributed by atoms with E-state index in [2.05, 4.69) is 39.9 Å². The lowest BCUT2D eigenvalue weighted by Gasteiger charge is -2.14. The number of hydrogen-bond donors (Lipinski definition) is 3. The molecule has 8 nitrogen and oxygen atoms in total. The molecule has 0 atom stereocenters. The Morgan fingerprint density at radius 3 is 2.26 bits per heavy atom. The average Bonchev–Trinajstić information content (AvgIpc) is 3.16. The maximum Gasteiger partial charge on any atom is 0.411 e. The van der Waals surface area contributed by atoms with E-state index in [4.69, 9.17) is 9.84 Å². The first kappa shape index (κ1) is 23.3. The number of carbonyl (C=O) groups is 3. The van der Waals surface area contributed by atoms with Crippen LogP contribution >= 0.6 is 11.8 Å². The number of amides is 2. The highest BCUT2D eigenvalue weighted by Crippen LogP contribution is 2.44. The lowest BCUT2D eigenvalue weighted by Crippen LogP contribution is -2.27. The van der Waals surface area contributed by atoms with Gasteiger partial charge in [-0.3, -0.25) is 14.9 Å². The Morgan fingerprint density at radius 2 is 1.65 bits per heavy atom. The molecule has 2 aromatic carbocycles. The van der Waals surface area contributed by atoms with Crippen molar-refractivity contribution in [3.05, 3.63) is 83.7 Å². The number of hydrogen-bond acceptors (Lipinski definition) is 6. The summed E-state index contributed by atoms with van der Waals surface area (Å²) >= 11 is 1.22. The van der Waals surface area contributed by atoms with Crippen LogP contribution < -0.4 is 10.6 Å². The minimum absolute atomic E-state index is 0.00957. The van der Waals surface area contributed by atoms with Crippen molar-refractivity contribution in [2.75, 3.05) is 30.0 Å². The van der Waals surface area contributed by atoms with Crippen molar-refractivity contribution in [1.29, 1.82) is 0 Å². The van der Waals surface area contributed by atoms with Crippen molar-refractivity contribution in [3.63, 3.8) is 0 Å². The molecule has 0 radical (unpaired) electrons. The number of rotatable bonds is 9. The van der Waals surface area contributed by atoms with E-state index in [1.165, 1.54) is 24.0 Å². The average molecular weight is 478 g/mol. The predicted molar refractivity (Wildman–Crippen MR) is 130 cm³/mol. The molecule has 4 rings (SSSR count). The lowest BCUT2D eigenvalue weighted by atomic mass is 9.98. The van der Waals surface area contributed by atoms with E-state index in [0.717, 1.165) is 22.3 Å². The predicted octanol–water partition coefficient (Wildman–Crippen LogP) is 3.99. The zero-order valence-electron chi connectivity index (χ0n) is 18.2. The fourth-order valence-electron chi connectivity index (χ4n) is 3.84. The largest absolute Gasteiger partial charge is 0.481 e. The highest BCUT2D eigenvalue weighted by molar-refractivity contribution is 7.99. The van der Waals surface area contributed by atoms with Gasteiger partial charge in [0.15, 0.2) is 0 Å². The second-order valence-electron chi connectivity index (χ2n) is 7.58. The van der Waals surface area contributed by atoms with Crippen LogP contribution in [0.2, 0.25) is 0 Å². The van der Waals surface area contributed by atoms with E-state index in [9.17, 15) is 14.4 Å². The Hall–Kier alpha value is -3.85. The molecular weight excluding hydrogens is 454 g/mol. The van der Waals surface area contributed by atoms with Crippen molar-refractivity contribution >= 4 is 35.4 Å². The number of aromatic nitrogens is 1. The van der Waals surface area contributed by atoms with E-state index in [1.54, 1.807) is 6.07 Å². The van der Waals surface area contributed by atoms with Gasteiger partial charge in [0.1, 0.15) is 12.3 Å². The molecule has 1 aliphatic rings. The third-order valence-electron chi connectivity index (χ3n) is 5.34. The number of carboxylic acids is 1. The van der Waals surface area contributed by atoms with Gasteiger partial charge in [-0.25, -0.2) is 9.78 Å². The van der Waals surface area contributed by atoms with E-state index in [0.29, 0.717) is 18.0 Å². The second-order valence-corrected chi connectivity index (χ2v) is 8.69. The standard InChI is InChI=1S/C25H23N3O5S/c29-23(30)15-34-12-11-26-24(31)22-10-9-16(13-27-22)28-25(32)33-14-21-19-7-3-1-5-17(19)18-6-2-4-8-20(18)21/h1-10,13,21H,11-12,14-15H2,(H,26,31)(H,28,32)(H,29,30). The van der Waals surface area contributed by atoms with Gasteiger partial charge in [0.25, 0.3) is 5.91 Å². The number of aliphatic carboxylic acids is 1. The first-order valence-electron chi connectivity index (χ1n) is 10.7. The minimum atomic E-state index is -0.891. The minimum Gasteiger partial charge on any atom is -0.481 e. The Kier molecular flexibility index (Phi) is 7.44. The quantitative estimate of drug-likeness (QED) is 0.399. The molecule has 0 aliphatic heterocycles. The number of fused-ring (bicyclic) bond motifs is 3. The topological polar surface area (TPSA) is 118 Å². The fourth-order valence-corrected chi connectivity index (χ4v) is 4.41. The number of carbonyl (C=O) groups excluding carboxylic acids is 2. The molecule has 0 fully saturated rings. The number of nitrogens with zero attached hydrogens (tertiary/aromatic N) is 1. The van der Waals surface area contributed by atoms with Gasteiger partial charge in [-0.2, -0.15) is 0 Å². The monoisotopic (exact) mass is 477 g/mol. The molecule has 34 heavy (non-hydrogen) atoms. The summed E-state index contributed by atoms with van der Waals surface area (Å²) in [6, 6.07) is 19.3. The van der Waals surface area contributed by atoms with Gasteiger partial charge in [-0.15, -0.1) is 11.8 Å². The van der Waals surface area contributed by atoms with E-state index < -0.39 is 12.1 Å². The molecule has 1 aliphatic carbocycles. The number of thioether (sulfide) groups is 1. The molecule has 0 unspecified atom stereocenters. The Morgan fingerprint density at radius 1 is 0.971 bits per heavy atom. The van der Waals surface area contributed by atoms with Crippen LogP contribution in [0.1, 0.15) is 27.5 Å². The first-order chi connectivity index (χ1) is 16.5. The molecule has 2 amide bonds. The van der Waals surface area contributed by atoms with Crippen LogP contribution in [0.5, 0.6) is 0 Å². The summed E-state index contributed by atoms with van der Waals surface area (Å²) in [7, 11) is 0. The molecule has 1 heterocycles. The molecule has 0 saturated heterocycles. The van der Waals surface area contributed by atoms with Crippen LogP contribution in [-0.4, -0.2) is 52.7 Å². The van der Waals surface area contributed by atoms with Crippen molar-refractivity contribution in [3.8, 4) is 11.1 Å². The zero-order valence-corrected chi connectivity index (χ0v) is 19.0. The number of anilines is 1. The number of ether oxygens (including phenoxy) is 1. The van der Waals surface area contributed by atoms with Crippen molar-refractivity contribution in [2.45, 2.75) is 5.92 Å². The maximum absolute atomic E-state index is 12.4. The van der Waals surface area contributed by atoms with Crippen LogP contribution in [0.25, 0.3) is 11.1 Å². The Bertz CT molecular complexity index is 1150. The molecule has 1 aromatic heterocycles. The normalized spacial score (nSPS) is 11.9. The highest BCUT2D eigenvalue weighted by Gasteiger charge is 2.29. The fraction of sp³-hybridized carbons (Fsp3) is 0.200. The van der Waals surface area contributed by atoms with Crippen LogP contribution in [0.3, 0.4) is 0 Å². The third-order valence-corrected chi connectivity index (χ3v) is 6.29. The van der Waals surface area contributed by atoms with Gasteiger partial charge in [0.2, 0.25) is 0 Å². The Labute approximate surface area is 200 Å². The summed E-state index contributed by atoms with van der Waals surface area (Å²) in [5.74, 6) is -0.818. The highest BCUT2D eigenvalue weighted by atomic mass is 32.2. The number of benzene rings is 2. The van der Waals surface area contributed by atoms with Crippen LogP contribution in [-0.2, 0) is 9.53 Å². The summed E-state index contributed by atoms with van der Waals surface area (Å²) in [6.45, 7) is 0.534. The third kappa shape index (κ3) is 5.55. The van der Waals surface area contributed by atoms with Crippen molar-refractivity contribution in [2.24, 2.45) is 0 Å². The molecule has 3 aromatic rings. The molecule has 0 spiro atoms. The van der Waals surface area contributed by atoms with Crippen LogP contribution in [0.4, 0.5) is 10.5 Å². The lowest BCUT2D eigenvalue weighted by molar-refractivity contribution is -0.133. The summed E-state index contributed by atoms with van der Waals surface area (Å²) in [5, 5.41) is 13.9. The SMILES string of the molecule is O=C(O)CSCCNC(=O)c1ccc(NC(=O)OCC2c3ccccc3-c3ccccc32)cn1. The summed E-state index contributed by atoms with van der Waals surface area (Å²) in [4.78, 5) is 39.0. The van der Waals surface area contributed by atoms with Crippen LogP contribution in [0.15, 0.2) is 66.9 Å². The number of pyridine rings is 1. The summed E-state index contributed by atoms with van der Waals surface area (Å²) in [5.41, 5.74) is 5.19. The molecule has 174 valence electrons. The summed E-state index contributed by atoms with van der Waals surface area (Å²) in [6.07, 6.45) is 0.784. The van der Waals surface area contributed by atoms with Crippen molar-refractivity contribution < 1.29 is 24.2 Å². The van der Waals surface area contributed by atoms with Gasteiger partial charge < -0.3 is 15.2 Å². The van der Waals surface area contributed by atoms with Gasteiger partial charge in [-0.05, 0) is 34.4 Å². The van der Waals surface area contributed by atoms with Crippen molar-refractivity contribution in [1.82, 2.24) is 10.3 Å². The molecule has 9 heteroatoms. The van der Waals surface area contributed by atoms with Crippen LogP contribution in [0, 0.1) is 0 Å².